The zero-order chi connectivity index (χ0) is 18.0. The number of aryl methyl sites for hydroxylation is 1. The van der Waals surface area contributed by atoms with E-state index in [1.165, 1.54) is 4.57 Å². The second kappa shape index (κ2) is 6.99. The maximum absolute atomic E-state index is 12.2. The Hall–Kier alpha value is -2.78. The molecule has 1 amide bonds. The SMILES string of the molecule is Cc1sc(=O)n(CC(=O)Nc2ccc(-c3n[nH]c(CN)n3)cc2)c1C. The monoisotopic (exact) mass is 358 g/mol. The van der Waals surface area contributed by atoms with Crippen LogP contribution in [0.5, 0.6) is 0 Å². The number of rotatable bonds is 5. The fourth-order valence-corrected chi connectivity index (χ4v) is 3.16. The minimum atomic E-state index is -0.251. The minimum absolute atomic E-state index is 0.00244. The molecule has 3 rings (SSSR count). The summed E-state index contributed by atoms with van der Waals surface area (Å²) < 4.78 is 1.48. The van der Waals surface area contributed by atoms with E-state index in [-0.39, 0.29) is 17.3 Å². The highest BCUT2D eigenvalue weighted by Gasteiger charge is 2.12. The molecule has 0 saturated carbocycles. The summed E-state index contributed by atoms with van der Waals surface area (Å²) in [6, 6.07) is 7.15. The van der Waals surface area contributed by atoms with Crippen molar-refractivity contribution < 1.29 is 4.79 Å². The third-order valence-electron chi connectivity index (χ3n) is 3.83. The van der Waals surface area contributed by atoms with Crippen molar-refractivity contribution in [2.45, 2.75) is 26.9 Å². The number of aromatic nitrogens is 4. The van der Waals surface area contributed by atoms with Crippen LogP contribution < -0.4 is 15.9 Å². The molecule has 0 aliphatic rings. The number of nitrogens with two attached hydrogens (primary N) is 1. The van der Waals surface area contributed by atoms with Crippen molar-refractivity contribution in [1.82, 2.24) is 19.7 Å². The molecule has 9 heteroatoms. The van der Waals surface area contributed by atoms with Gasteiger partial charge in [0.2, 0.25) is 5.91 Å². The molecule has 2 aromatic heterocycles. The molecule has 3 aromatic rings. The standard InChI is InChI=1S/C16H18N6O2S/c1-9-10(2)25-16(24)22(9)8-14(23)18-12-5-3-11(4-6-12)15-19-13(7-17)20-21-15/h3-6H,7-8,17H2,1-2H3,(H,18,23)(H,19,20,21). The maximum Gasteiger partial charge on any atom is 0.308 e. The van der Waals surface area contributed by atoms with Gasteiger partial charge in [0.15, 0.2) is 5.82 Å². The van der Waals surface area contributed by atoms with Gasteiger partial charge in [-0.1, -0.05) is 11.3 Å². The van der Waals surface area contributed by atoms with E-state index in [2.05, 4.69) is 20.5 Å². The number of aromatic amines is 1. The lowest BCUT2D eigenvalue weighted by molar-refractivity contribution is -0.116. The molecule has 8 nitrogen and oxygen atoms in total. The van der Waals surface area contributed by atoms with Gasteiger partial charge in [-0.2, -0.15) is 5.10 Å². The van der Waals surface area contributed by atoms with Crippen LogP contribution in [0, 0.1) is 13.8 Å². The van der Waals surface area contributed by atoms with Gasteiger partial charge in [0, 0.05) is 21.8 Å². The van der Waals surface area contributed by atoms with Gasteiger partial charge in [-0.25, -0.2) is 4.98 Å². The summed E-state index contributed by atoms with van der Waals surface area (Å²) in [5.74, 6) is 0.910. The summed E-state index contributed by atoms with van der Waals surface area (Å²) in [5.41, 5.74) is 7.78. The Labute approximate surface area is 147 Å². The Bertz CT molecular complexity index is 954. The fourth-order valence-electron chi connectivity index (χ4n) is 2.33. The highest BCUT2D eigenvalue weighted by Crippen LogP contribution is 2.18. The Morgan fingerprint density at radius 2 is 2.04 bits per heavy atom. The molecule has 0 atom stereocenters. The maximum atomic E-state index is 12.2. The first-order chi connectivity index (χ1) is 12.0. The zero-order valence-electron chi connectivity index (χ0n) is 13.9. The first-order valence-electron chi connectivity index (χ1n) is 7.66. The number of amides is 1. The number of hydrogen-bond acceptors (Lipinski definition) is 6. The van der Waals surface area contributed by atoms with Gasteiger partial charge >= 0.3 is 4.87 Å². The van der Waals surface area contributed by atoms with Gasteiger partial charge in [0.25, 0.3) is 0 Å². The Balaban J connectivity index is 1.68. The van der Waals surface area contributed by atoms with Crippen molar-refractivity contribution in [3.05, 3.63) is 50.3 Å². The number of H-pyrrole nitrogens is 1. The number of carbonyl (C=O) groups excluding carboxylic acids is 1. The lowest BCUT2D eigenvalue weighted by Gasteiger charge is -2.07. The molecule has 4 N–H and O–H groups in total. The van der Waals surface area contributed by atoms with Gasteiger partial charge in [-0.05, 0) is 38.1 Å². The summed E-state index contributed by atoms with van der Waals surface area (Å²) in [5, 5.41) is 9.62. The lowest BCUT2D eigenvalue weighted by Crippen LogP contribution is -2.25. The molecular weight excluding hydrogens is 340 g/mol. The van der Waals surface area contributed by atoms with E-state index in [0.717, 1.165) is 27.5 Å². The molecule has 25 heavy (non-hydrogen) atoms. The van der Waals surface area contributed by atoms with Crippen molar-refractivity contribution in [3.8, 4) is 11.4 Å². The summed E-state index contributed by atoms with van der Waals surface area (Å²) in [6.45, 7) is 4.00. The normalized spacial score (nSPS) is 10.8. The number of thiazole rings is 1. The van der Waals surface area contributed by atoms with Crippen LogP contribution in [0.1, 0.15) is 16.4 Å². The minimum Gasteiger partial charge on any atom is -0.325 e. The molecular formula is C16H18N6O2S. The third-order valence-corrected chi connectivity index (χ3v) is 4.83. The number of carbonyl (C=O) groups is 1. The highest BCUT2D eigenvalue weighted by atomic mass is 32.1. The Morgan fingerprint density at radius 1 is 1.32 bits per heavy atom. The zero-order valence-corrected chi connectivity index (χ0v) is 14.7. The predicted octanol–water partition coefficient (Wildman–Crippen LogP) is 1.41. The molecule has 0 spiro atoms. The van der Waals surface area contributed by atoms with Crippen LogP contribution in [0.4, 0.5) is 5.69 Å². The number of anilines is 1. The van der Waals surface area contributed by atoms with E-state index in [0.29, 0.717) is 23.9 Å². The van der Waals surface area contributed by atoms with E-state index in [9.17, 15) is 9.59 Å². The molecule has 2 heterocycles. The van der Waals surface area contributed by atoms with Crippen LogP contribution in [0.15, 0.2) is 29.1 Å². The van der Waals surface area contributed by atoms with Crippen LogP contribution in [0.3, 0.4) is 0 Å². The van der Waals surface area contributed by atoms with Crippen molar-refractivity contribution >= 4 is 22.9 Å². The van der Waals surface area contributed by atoms with Gasteiger partial charge in [-0.3, -0.25) is 19.3 Å². The number of nitrogens with zero attached hydrogens (tertiary/aromatic N) is 3. The molecule has 0 saturated heterocycles. The smallest absolute Gasteiger partial charge is 0.308 e. The average molecular weight is 358 g/mol. The second-order valence-electron chi connectivity index (χ2n) is 5.53. The van der Waals surface area contributed by atoms with Crippen LogP contribution in [0.25, 0.3) is 11.4 Å². The number of hydrogen-bond donors (Lipinski definition) is 3. The van der Waals surface area contributed by atoms with Crippen molar-refractivity contribution in [3.63, 3.8) is 0 Å². The van der Waals surface area contributed by atoms with E-state index in [1.54, 1.807) is 12.1 Å². The van der Waals surface area contributed by atoms with E-state index >= 15 is 0 Å². The van der Waals surface area contributed by atoms with E-state index in [4.69, 9.17) is 5.73 Å². The van der Waals surface area contributed by atoms with Crippen molar-refractivity contribution in [2.24, 2.45) is 5.73 Å². The van der Waals surface area contributed by atoms with Gasteiger partial charge in [-0.15, -0.1) is 0 Å². The fraction of sp³-hybridized carbons (Fsp3) is 0.250. The average Bonchev–Trinajstić information content (AvgIpc) is 3.16. The molecule has 0 fully saturated rings. The van der Waals surface area contributed by atoms with Crippen LogP contribution in [-0.2, 0) is 17.9 Å². The van der Waals surface area contributed by atoms with Crippen LogP contribution in [0.2, 0.25) is 0 Å². The second-order valence-corrected chi connectivity index (χ2v) is 6.70. The van der Waals surface area contributed by atoms with Gasteiger partial charge in [0.1, 0.15) is 12.4 Å². The molecule has 1 aromatic carbocycles. The Kier molecular flexibility index (Phi) is 4.77. The van der Waals surface area contributed by atoms with E-state index in [1.807, 2.05) is 26.0 Å². The quantitative estimate of drug-likeness (QED) is 0.637. The van der Waals surface area contributed by atoms with Gasteiger partial charge < -0.3 is 11.1 Å². The molecule has 0 bridgehead atoms. The summed E-state index contributed by atoms with van der Waals surface area (Å²) in [4.78, 5) is 29.1. The van der Waals surface area contributed by atoms with Crippen molar-refractivity contribution in [1.29, 1.82) is 0 Å². The largest absolute Gasteiger partial charge is 0.325 e. The summed E-state index contributed by atoms with van der Waals surface area (Å²) in [7, 11) is 0. The van der Waals surface area contributed by atoms with Crippen molar-refractivity contribution in [2.75, 3.05) is 5.32 Å². The Morgan fingerprint density at radius 3 is 2.60 bits per heavy atom. The first-order valence-corrected chi connectivity index (χ1v) is 8.48. The van der Waals surface area contributed by atoms with Crippen LogP contribution >= 0.6 is 11.3 Å². The molecule has 130 valence electrons. The number of nitrogens with one attached hydrogen (secondary N) is 2. The molecule has 0 radical (unpaired) electrons. The van der Waals surface area contributed by atoms with Crippen LogP contribution in [-0.4, -0.2) is 25.7 Å². The summed E-state index contributed by atoms with van der Waals surface area (Å²) >= 11 is 1.15. The number of benzene rings is 1. The topological polar surface area (TPSA) is 119 Å². The predicted molar refractivity (Wildman–Crippen MR) is 96.4 cm³/mol. The third kappa shape index (κ3) is 3.67. The summed E-state index contributed by atoms with van der Waals surface area (Å²) in [6.07, 6.45) is 0. The molecule has 0 aliphatic carbocycles. The first kappa shape index (κ1) is 17.1. The molecule has 0 aliphatic heterocycles. The highest BCUT2D eigenvalue weighted by molar-refractivity contribution is 7.09. The lowest BCUT2D eigenvalue weighted by atomic mass is 10.2. The van der Waals surface area contributed by atoms with E-state index < -0.39 is 0 Å². The molecule has 0 unspecified atom stereocenters. The van der Waals surface area contributed by atoms with Gasteiger partial charge in [0.05, 0.1) is 6.54 Å².